The summed E-state index contributed by atoms with van der Waals surface area (Å²) >= 11 is 1.58. The van der Waals surface area contributed by atoms with Crippen LogP contribution in [0.25, 0.3) is 21.6 Å². The fourth-order valence-electron chi connectivity index (χ4n) is 4.13. The average Bonchev–Trinajstić information content (AvgIpc) is 3.51. The Balaban J connectivity index is 1.53. The van der Waals surface area contributed by atoms with Crippen LogP contribution in [0, 0.1) is 5.92 Å². The van der Waals surface area contributed by atoms with Gasteiger partial charge in [-0.15, -0.1) is 11.3 Å². The topological polar surface area (TPSA) is 91.8 Å². The van der Waals surface area contributed by atoms with Gasteiger partial charge < -0.3 is 16.0 Å². The van der Waals surface area contributed by atoms with Crippen molar-refractivity contribution in [1.29, 1.82) is 0 Å². The third kappa shape index (κ3) is 3.82. The molecule has 3 N–H and O–H groups in total. The Labute approximate surface area is 173 Å². The Hall–Kier alpha value is -2.58. The van der Waals surface area contributed by atoms with Crippen LogP contribution >= 0.6 is 11.3 Å². The Kier molecular flexibility index (Phi) is 5.12. The zero-order chi connectivity index (χ0) is 19.6. The quantitative estimate of drug-likeness (QED) is 0.597. The largest absolute Gasteiger partial charge is 0.365 e. The number of hydrogen-bond acceptors (Lipinski definition) is 7. The molecule has 29 heavy (non-hydrogen) atoms. The first kappa shape index (κ1) is 18.4. The van der Waals surface area contributed by atoms with E-state index in [-0.39, 0.29) is 11.8 Å². The molecule has 1 amide bonds. The minimum atomic E-state index is 0.112. The van der Waals surface area contributed by atoms with Crippen molar-refractivity contribution >= 4 is 39.0 Å². The molecule has 3 aromatic heterocycles. The van der Waals surface area contributed by atoms with E-state index in [0.29, 0.717) is 11.9 Å². The van der Waals surface area contributed by atoms with Crippen molar-refractivity contribution in [2.75, 3.05) is 23.7 Å². The lowest BCUT2D eigenvalue weighted by atomic mass is 10.1. The summed E-state index contributed by atoms with van der Waals surface area (Å²) in [4.78, 5) is 26.4. The van der Waals surface area contributed by atoms with E-state index < -0.39 is 0 Å². The highest BCUT2D eigenvalue weighted by Crippen LogP contribution is 2.36. The summed E-state index contributed by atoms with van der Waals surface area (Å²) in [5.74, 6) is 1.71. The van der Waals surface area contributed by atoms with Crippen LogP contribution in [-0.4, -0.2) is 40.0 Å². The third-order valence-electron chi connectivity index (χ3n) is 5.74. The highest BCUT2D eigenvalue weighted by Gasteiger charge is 2.25. The zero-order valence-electron chi connectivity index (χ0n) is 16.1. The molecule has 1 aliphatic carbocycles. The molecule has 2 fully saturated rings. The molecule has 0 unspecified atom stereocenters. The van der Waals surface area contributed by atoms with Gasteiger partial charge in [-0.1, -0.05) is 12.8 Å². The fraction of sp³-hybridized carbons (Fsp3) is 0.429. The van der Waals surface area contributed by atoms with Gasteiger partial charge in [0.2, 0.25) is 5.91 Å². The number of amides is 1. The van der Waals surface area contributed by atoms with Crippen molar-refractivity contribution in [2.45, 2.75) is 38.1 Å². The predicted molar refractivity (Wildman–Crippen MR) is 116 cm³/mol. The average molecular weight is 409 g/mol. The molecule has 0 radical (unpaired) electrons. The Morgan fingerprint density at radius 1 is 1.14 bits per heavy atom. The molecule has 4 heterocycles. The van der Waals surface area contributed by atoms with Gasteiger partial charge in [-0.05, 0) is 37.9 Å². The van der Waals surface area contributed by atoms with E-state index in [0.717, 1.165) is 72.5 Å². The van der Waals surface area contributed by atoms with Crippen LogP contribution < -0.4 is 16.0 Å². The lowest BCUT2D eigenvalue weighted by Gasteiger charge is -2.14. The molecule has 0 aromatic carbocycles. The molecule has 150 valence electrons. The molecule has 3 aromatic rings. The molecule has 1 aliphatic heterocycles. The number of carbonyl (C=O) groups excluding carboxylic acids is 1. The van der Waals surface area contributed by atoms with Crippen molar-refractivity contribution in [3.8, 4) is 11.4 Å². The first-order chi connectivity index (χ1) is 14.3. The first-order valence-electron chi connectivity index (χ1n) is 10.3. The summed E-state index contributed by atoms with van der Waals surface area (Å²) in [5, 5.41) is 12.1. The normalized spacial score (nSPS) is 19.7. The number of anilines is 2. The second kappa shape index (κ2) is 8.04. The molecule has 0 bridgehead atoms. The van der Waals surface area contributed by atoms with Gasteiger partial charge in [0.25, 0.3) is 0 Å². The minimum Gasteiger partial charge on any atom is -0.365 e. The number of carbonyl (C=O) groups is 1. The Bertz CT molecular complexity index is 1010. The van der Waals surface area contributed by atoms with E-state index in [1.54, 1.807) is 23.7 Å². The van der Waals surface area contributed by atoms with Gasteiger partial charge in [0.05, 0.1) is 10.4 Å². The molecule has 8 heteroatoms. The summed E-state index contributed by atoms with van der Waals surface area (Å²) in [6.07, 6.45) is 8.78. The van der Waals surface area contributed by atoms with Gasteiger partial charge in [-0.25, -0.2) is 9.97 Å². The maximum absolute atomic E-state index is 12.7. The summed E-state index contributed by atoms with van der Waals surface area (Å²) in [6, 6.07) is 4.16. The Morgan fingerprint density at radius 2 is 1.97 bits per heavy atom. The van der Waals surface area contributed by atoms with E-state index >= 15 is 0 Å². The van der Waals surface area contributed by atoms with Crippen LogP contribution in [0.5, 0.6) is 0 Å². The van der Waals surface area contributed by atoms with Gasteiger partial charge in [-0.2, -0.15) is 0 Å². The van der Waals surface area contributed by atoms with E-state index in [1.807, 2.05) is 17.5 Å². The van der Waals surface area contributed by atoms with E-state index in [9.17, 15) is 4.79 Å². The van der Waals surface area contributed by atoms with Crippen LogP contribution in [-0.2, 0) is 4.79 Å². The fourth-order valence-corrected chi connectivity index (χ4v) is 5.02. The number of pyridine rings is 1. The minimum absolute atomic E-state index is 0.112. The summed E-state index contributed by atoms with van der Waals surface area (Å²) < 4.78 is 0.983. The molecule has 7 nitrogen and oxygen atoms in total. The molecule has 1 saturated carbocycles. The van der Waals surface area contributed by atoms with E-state index in [2.05, 4.69) is 20.9 Å². The SMILES string of the molecule is O=C(Nc1csc2c(N[C@@H]3CCNC3)nc(-c3ccncc3)nc12)C1CCCC1. The van der Waals surface area contributed by atoms with Gasteiger partial charge in [0, 0.05) is 41.8 Å². The van der Waals surface area contributed by atoms with Crippen LogP contribution in [0.3, 0.4) is 0 Å². The van der Waals surface area contributed by atoms with E-state index in [1.165, 1.54) is 0 Å². The second-order valence-electron chi connectivity index (χ2n) is 7.76. The standard InChI is InChI=1S/C21H24N6OS/c28-21(14-3-1-2-4-14)25-16-12-29-18-17(16)26-19(13-5-8-22-9-6-13)27-20(18)24-15-7-10-23-11-15/h5-6,8-9,12,14-15,23H,1-4,7,10-11H2,(H,25,28)(H,24,26,27)/t15-/m1/s1. The molecular formula is C21H24N6OS. The number of hydrogen-bond donors (Lipinski definition) is 3. The van der Waals surface area contributed by atoms with Crippen LogP contribution in [0.2, 0.25) is 0 Å². The summed E-state index contributed by atoms with van der Waals surface area (Å²) in [7, 11) is 0. The highest BCUT2D eigenvalue weighted by molar-refractivity contribution is 7.18. The maximum Gasteiger partial charge on any atom is 0.227 e. The number of aromatic nitrogens is 3. The van der Waals surface area contributed by atoms with Gasteiger partial charge >= 0.3 is 0 Å². The van der Waals surface area contributed by atoms with E-state index in [4.69, 9.17) is 9.97 Å². The number of fused-ring (bicyclic) bond motifs is 1. The van der Waals surface area contributed by atoms with Crippen LogP contribution in [0.1, 0.15) is 32.1 Å². The smallest absolute Gasteiger partial charge is 0.227 e. The van der Waals surface area contributed by atoms with Crippen molar-refractivity contribution < 1.29 is 4.79 Å². The van der Waals surface area contributed by atoms with Crippen molar-refractivity contribution in [1.82, 2.24) is 20.3 Å². The molecule has 0 spiro atoms. The maximum atomic E-state index is 12.7. The molecule has 5 rings (SSSR count). The second-order valence-corrected chi connectivity index (χ2v) is 8.64. The highest BCUT2D eigenvalue weighted by atomic mass is 32.1. The molecule has 1 atom stereocenters. The predicted octanol–water partition coefficient (Wildman–Crippen LogP) is 3.66. The van der Waals surface area contributed by atoms with Gasteiger partial charge in [0.15, 0.2) is 5.82 Å². The summed E-state index contributed by atoms with van der Waals surface area (Å²) in [5.41, 5.74) is 2.50. The van der Waals surface area contributed by atoms with Gasteiger partial charge in [0.1, 0.15) is 11.3 Å². The van der Waals surface area contributed by atoms with Crippen molar-refractivity contribution in [3.63, 3.8) is 0 Å². The number of nitrogens with one attached hydrogen (secondary N) is 3. The zero-order valence-corrected chi connectivity index (χ0v) is 17.0. The van der Waals surface area contributed by atoms with Crippen molar-refractivity contribution in [2.24, 2.45) is 5.92 Å². The molecular weight excluding hydrogens is 384 g/mol. The molecule has 2 aliphatic rings. The lowest BCUT2D eigenvalue weighted by Crippen LogP contribution is -2.23. The third-order valence-corrected chi connectivity index (χ3v) is 6.71. The number of rotatable bonds is 5. The van der Waals surface area contributed by atoms with Crippen LogP contribution in [0.4, 0.5) is 11.5 Å². The van der Waals surface area contributed by atoms with Gasteiger partial charge in [-0.3, -0.25) is 9.78 Å². The Morgan fingerprint density at radius 3 is 2.72 bits per heavy atom. The van der Waals surface area contributed by atoms with Crippen LogP contribution in [0.15, 0.2) is 29.9 Å². The monoisotopic (exact) mass is 408 g/mol. The lowest BCUT2D eigenvalue weighted by molar-refractivity contribution is -0.119. The molecule has 1 saturated heterocycles. The first-order valence-corrected chi connectivity index (χ1v) is 11.1. The summed E-state index contributed by atoms with van der Waals surface area (Å²) in [6.45, 7) is 1.93. The number of nitrogens with zero attached hydrogens (tertiary/aromatic N) is 3. The number of thiophene rings is 1. The van der Waals surface area contributed by atoms with Crippen molar-refractivity contribution in [3.05, 3.63) is 29.9 Å².